The molecule has 0 bridgehead atoms. The van der Waals surface area contributed by atoms with E-state index >= 15 is 0 Å². The molecule has 2 aromatic rings. The molecule has 120 valence electrons. The fraction of sp³-hybridized carbons (Fsp3) is 0.444. The van der Waals surface area contributed by atoms with Gasteiger partial charge in [0.2, 0.25) is 0 Å². The average molecular weight is 311 g/mol. The molecule has 2 heterocycles. The Morgan fingerprint density at radius 1 is 1.26 bits per heavy atom. The van der Waals surface area contributed by atoms with Gasteiger partial charge in [0.15, 0.2) is 5.69 Å². The third-order valence-electron chi connectivity index (χ3n) is 4.76. The van der Waals surface area contributed by atoms with Gasteiger partial charge in [0.05, 0.1) is 24.9 Å². The van der Waals surface area contributed by atoms with Gasteiger partial charge in [-0.2, -0.15) is 5.10 Å². The number of fused-ring (bicyclic) bond motifs is 1. The third kappa shape index (κ3) is 2.45. The lowest BCUT2D eigenvalue weighted by molar-refractivity contribution is 0.00319. The fourth-order valence-electron chi connectivity index (χ4n) is 3.56. The standard InChI is InChI=1S/C18H21N3O2/c1-13-12-23-11-10-20(13)18(22)17-15-8-5-9-16(15)21(19-17)14-6-3-2-4-7-14/h2-4,6-7,13H,5,8-12H2,1H3. The molecule has 1 fully saturated rings. The Bertz CT molecular complexity index is 723. The number of rotatable bonds is 2. The van der Waals surface area contributed by atoms with Gasteiger partial charge in [-0.05, 0) is 38.3 Å². The van der Waals surface area contributed by atoms with Crippen molar-refractivity contribution in [3.05, 3.63) is 47.3 Å². The SMILES string of the molecule is CC1COCCN1C(=O)c1nn(-c2ccccc2)c2c1CCC2. The van der Waals surface area contributed by atoms with Gasteiger partial charge in [-0.15, -0.1) is 0 Å². The molecular weight excluding hydrogens is 290 g/mol. The van der Waals surface area contributed by atoms with Crippen LogP contribution in [0.5, 0.6) is 0 Å². The number of nitrogens with zero attached hydrogens (tertiary/aromatic N) is 3. The van der Waals surface area contributed by atoms with Gasteiger partial charge in [-0.25, -0.2) is 4.68 Å². The van der Waals surface area contributed by atoms with Crippen LogP contribution in [-0.2, 0) is 17.6 Å². The Morgan fingerprint density at radius 2 is 2.09 bits per heavy atom. The number of hydrogen-bond acceptors (Lipinski definition) is 3. The highest BCUT2D eigenvalue weighted by atomic mass is 16.5. The van der Waals surface area contributed by atoms with E-state index in [0.29, 0.717) is 25.5 Å². The van der Waals surface area contributed by atoms with Crippen molar-refractivity contribution < 1.29 is 9.53 Å². The van der Waals surface area contributed by atoms with E-state index in [1.807, 2.05) is 46.8 Å². The molecule has 1 unspecified atom stereocenters. The number of hydrogen-bond donors (Lipinski definition) is 0. The van der Waals surface area contributed by atoms with Gasteiger partial charge < -0.3 is 9.64 Å². The first-order valence-corrected chi connectivity index (χ1v) is 8.30. The number of benzene rings is 1. The van der Waals surface area contributed by atoms with Crippen molar-refractivity contribution in [1.29, 1.82) is 0 Å². The summed E-state index contributed by atoms with van der Waals surface area (Å²) in [7, 11) is 0. The molecule has 0 radical (unpaired) electrons. The first kappa shape index (κ1) is 14.5. The van der Waals surface area contributed by atoms with E-state index < -0.39 is 0 Å². The van der Waals surface area contributed by atoms with Crippen LogP contribution >= 0.6 is 0 Å². The summed E-state index contributed by atoms with van der Waals surface area (Å²) in [5.74, 6) is 0.0497. The van der Waals surface area contributed by atoms with Crippen molar-refractivity contribution in [2.75, 3.05) is 19.8 Å². The number of ether oxygens (including phenoxy) is 1. The van der Waals surface area contributed by atoms with E-state index in [-0.39, 0.29) is 11.9 Å². The summed E-state index contributed by atoms with van der Waals surface area (Å²) in [5.41, 5.74) is 3.99. The molecule has 5 nitrogen and oxygen atoms in total. The first-order valence-electron chi connectivity index (χ1n) is 8.30. The van der Waals surface area contributed by atoms with E-state index in [2.05, 4.69) is 0 Å². The molecule has 1 aromatic heterocycles. The third-order valence-corrected chi connectivity index (χ3v) is 4.76. The van der Waals surface area contributed by atoms with E-state index in [9.17, 15) is 4.79 Å². The second-order valence-corrected chi connectivity index (χ2v) is 6.30. The number of amides is 1. The highest BCUT2D eigenvalue weighted by Crippen LogP contribution is 2.29. The smallest absolute Gasteiger partial charge is 0.275 e. The minimum absolute atomic E-state index is 0.0497. The average Bonchev–Trinajstić information content (AvgIpc) is 3.18. The molecule has 0 N–H and O–H groups in total. The van der Waals surface area contributed by atoms with Crippen LogP contribution in [0, 0.1) is 0 Å². The van der Waals surface area contributed by atoms with Gasteiger partial charge in [-0.3, -0.25) is 4.79 Å². The molecule has 1 saturated heterocycles. The van der Waals surface area contributed by atoms with E-state index in [4.69, 9.17) is 9.84 Å². The number of carbonyl (C=O) groups excluding carboxylic acids is 1. The van der Waals surface area contributed by atoms with Gasteiger partial charge in [0, 0.05) is 17.8 Å². The van der Waals surface area contributed by atoms with E-state index in [1.165, 1.54) is 5.69 Å². The minimum Gasteiger partial charge on any atom is -0.377 e. The van der Waals surface area contributed by atoms with Gasteiger partial charge >= 0.3 is 0 Å². The lowest BCUT2D eigenvalue weighted by Gasteiger charge is -2.32. The summed E-state index contributed by atoms with van der Waals surface area (Å²) in [6.07, 6.45) is 3.03. The van der Waals surface area contributed by atoms with Crippen LogP contribution in [-0.4, -0.2) is 46.4 Å². The summed E-state index contributed by atoms with van der Waals surface area (Å²) in [6.45, 7) is 3.89. The Morgan fingerprint density at radius 3 is 2.87 bits per heavy atom. The Hall–Kier alpha value is -2.14. The first-order chi connectivity index (χ1) is 11.3. The van der Waals surface area contributed by atoms with Crippen LogP contribution in [0.2, 0.25) is 0 Å². The molecule has 1 amide bonds. The van der Waals surface area contributed by atoms with Crippen LogP contribution in [0.15, 0.2) is 30.3 Å². The molecule has 0 spiro atoms. The molecule has 2 aliphatic rings. The maximum Gasteiger partial charge on any atom is 0.275 e. The summed E-state index contributed by atoms with van der Waals surface area (Å²) in [5, 5.41) is 4.70. The fourth-order valence-corrected chi connectivity index (χ4v) is 3.56. The van der Waals surface area contributed by atoms with Crippen LogP contribution < -0.4 is 0 Å². The molecule has 1 atom stereocenters. The molecule has 23 heavy (non-hydrogen) atoms. The number of aromatic nitrogens is 2. The van der Waals surface area contributed by atoms with Crippen molar-refractivity contribution in [1.82, 2.24) is 14.7 Å². The molecular formula is C18H21N3O2. The Labute approximate surface area is 135 Å². The van der Waals surface area contributed by atoms with Crippen molar-refractivity contribution in [2.24, 2.45) is 0 Å². The second-order valence-electron chi connectivity index (χ2n) is 6.30. The molecule has 1 aliphatic carbocycles. The van der Waals surface area contributed by atoms with Crippen molar-refractivity contribution >= 4 is 5.91 Å². The van der Waals surface area contributed by atoms with Crippen LogP contribution in [0.3, 0.4) is 0 Å². The number of carbonyl (C=O) groups is 1. The maximum atomic E-state index is 13.0. The second kappa shape index (κ2) is 5.81. The van der Waals surface area contributed by atoms with Crippen LogP contribution in [0.4, 0.5) is 0 Å². The van der Waals surface area contributed by atoms with E-state index in [1.54, 1.807) is 0 Å². The molecule has 1 aromatic carbocycles. The van der Waals surface area contributed by atoms with Gasteiger partial charge in [0.1, 0.15) is 0 Å². The quantitative estimate of drug-likeness (QED) is 0.854. The topological polar surface area (TPSA) is 47.4 Å². The lowest BCUT2D eigenvalue weighted by Crippen LogP contribution is -2.47. The predicted octanol–water partition coefficient (Wildman–Crippen LogP) is 2.22. The summed E-state index contributed by atoms with van der Waals surface area (Å²) >= 11 is 0. The van der Waals surface area contributed by atoms with Crippen molar-refractivity contribution in [2.45, 2.75) is 32.2 Å². The zero-order chi connectivity index (χ0) is 15.8. The molecule has 4 rings (SSSR count). The van der Waals surface area contributed by atoms with Gasteiger partial charge in [-0.1, -0.05) is 18.2 Å². The minimum atomic E-state index is 0.0497. The largest absolute Gasteiger partial charge is 0.377 e. The lowest BCUT2D eigenvalue weighted by atomic mass is 10.1. The van der Waals surface area contributed by atoms with Gasteiger partial charge in [0.25, 0.3) is 5.91 Å². The highest BCUT2D eigenvalue weighted by Gasteiger charge is 2.32. The summed E-state index contributed by atoms with van der Waals surface area (Å²) in [6, 6.07) is 10.2. The Kier molecular flexibility index (Phi) is 3.65. The van der Waals surface area contributed by atoms with Crippen LogP contribution in [0.1, 0.15) is 35.1 Å². The van der Waals surface area contributed by atoms with Crippen LogP contribution in [0.25, 0.3) is 5.69 Å². The highest BCUT2D eigenvalue weighted by molar-refractivity contribution is 5.94. The predicted molar refractivity (Wildman–Crippen MR) is 86.9 cm³/mol. The summed E-state index contributed by atoms with van der Waals surface area (Å²) < 4.78 is 7.40. The number of para-hydroxylation sites is 1. The zero-order valence-corrected chi connectivity index (χ0v) is 13.4. The normalized spacial score (nSPS) is 20.6. The molecule has 0 saturated carbocycles. The molecule has 1 aliphatic heterocycles. The van der Waals surface area contributed by atoms with Crippen molar-refractivity contribution in [3.8, 4) is 5.69 Å². The number of morpholine rings is 1. The van der Waals surface area contributed by atoms with Crippen molar-refractivity contribution in [3.63, 3.8) is 0 Å². The Balaban J connectivity index is 1.74. The zero-order valence-electron chi connectivity index (χ0n) is 13.4. The van der Waals surface area contributed by atoms with E-state index in [0.717, 1.165) is 30.5 Å². The summed E-state index contributed by atoms with van der Waals surface area (Å²) in [4.78, 5) is 14.9. The molecule has 5 heteroatoms. The monoisotopic (exact) mass is 311 g/mol. The maximum absolute atomic E-state index is 13.0.